The van der Waals surface area contributed by atoms with Crippen molar-refractivity contribution in [1.82, 2.24) is 25.1 Å². The molecule has 0 radical (unpaired) electrons. The number of aromatic nitrogens is 5. The third kappa shape index (κ3) is 3.44. The van der Waals surface area contributed by atoms with E-state index >= 15 is 0 Å². The molecule has 0 aliphatic heterocycles. The van der Waals surface area contributed by atoms with E-state index in [0.717, 1.165) is 28.1 Å². The first-order valence-electron chi connectivity index (χ1n) is 7.90. The van der Waals surface area contributed by atoms with Crippen LogP contribution in [0, 0.1) is 0 Å². The molecule has 4 rings (SSSR count). The van der Waals surface area contributed by atoms with Gasteiger partial charge in [-0.05, 0) is 18.2 Å². The number of nitrogens with one attached hydrogen (secondary N) is 2. The number of nitrogens with zero attached hydrogens (tertiary/aromatic N) is 4. The summed E-state index contributed by atoms with van der Waals surface area (Å²) in [4.78, 5) is 13.1. The van der Waals surface area contributed by atoms with E-state index in [0.29, 0.717) is 23.8 Å². The van der Waals surface area contributed by atoms with Crippen molar-refractivity contribution in [1.29, 1.82) is 0 Å². The summed E-state index contributed by atoms with van der Waals surface area (Å²) in [6.45, 7) is 0.679. The minimum absolute atomic E-state index is 0.659. The van der Waals surface area contributed by atoms with Gasteiger partial charge in [0.25, 0.3) is 0 Å². The van der Waals surface area contributed by atoms with Crippen LogP contribution in [0.5, 0.6) is 0 Å². The summed E-state index contributed by atoms with van der Waals surface area (Å²) in [6.07, 6.45) is 2.24. The van der Waals surface area contributed by atoms with Crippen molar-refractivity contribution >= 4 is 28.3 Å². The lowest BCUT2D eigenvalue weighted by atomic mass is 10.2. The highest BCUT2D eigenvalue weighted by Crippen LogP contribution is 2.22. The van der Waals surface area contributed by atoms with E-state index in [1.165, 1.54) is 6.33 Å². The molecule has 0 aliphatic carbocycles. The maximum atomic E-state index is 6.01. The first-order valence-corrected chi connectivity index (χ1v) is 8.28. The second-order valence-electron chi connectivity index (χ2n) is 5.53. The molecule has 25 heavy (non-hydrogen) atoms. The number of halogens is 1. The molecular formula is C18H15ClN6. The monoisotopic (exact) mass is 350 g/mol. The summed E-state index contributed by atoms with van der Waals surface area (Å²) >= 11 is 6.01. The Morgan fingerprint density at radius 2 is 1.92 bits per heavy atom. The standard InChI is InChI=1S/C18H15ClN6/c19-13-6-7-14-15(10-13)21-11-22-18(14)20-9-8-16-23-17(25-24-16)12-4-2-1-3-5-12/h1-7,10-11H,8-9H2,(H,20,21,22)(H,23,24,25). The fraction of sp³-hybridized carbons (Fsp3) is 0.111. The molecule has 0 bridgehead atoms. The topological polar surface area (TPSA) is 79.4 Å². The van der Waals surface area contributed by atoms with Gasteiger partial charge in [0.05, 0.1) is 5.52 Å². The molecule has 0 aliphatic rings. The second kappa shape index (κ2) is 6.86. The zero-order valence-electron chi connectivity index (χ0n) is 13.3. The van der Waals surface area contributed by atoms with Crippen LogP contribution in [-0.2, 0) is 6.42 Å². The van der Waals surface area contributed by atoms with Crippen molar-refractivity contribution in [3.8, 4) is 11.4 Å². The largest absolute Gasteiger partial charge is 0.369 e. The highest BCUT2D eigenvalue weighted by atomic mass is 35.5. The van der Waals surface area contributed by atoms with Crippen molar-refractivity contribution in [2.45, 2.75) is 6.42 Å². The molecule has 124 valence electrons. The minimum Gasteiger partial charge on any atom is -0.369 e. The summed E-state index contributed by atoms with van der Waals surface area (Å²) in [6, 6.07) is 15.5. The van der Waals surface area contributed by atoms with Crippen molar-refractivity contribution in [2.24, 2.45) is 0 Å². The second-order valence-corrected chi connectivity index (χ2v) is 5.97. The number of aromatic amines is 1. The van der Waals surface area contributed by atoms with Gasteiger partial charge < -0.3 is 5.32 Å². The fourth-order valence-electron chi connectivity index (χ4n) is 2.59. The molecular weight excluding hydrogens is 336 g/mol. The molecule has 0 saturated carbocycles. The average molecular weight is 351 g/mol. The van der Waals surface area contributed by atoms with Gasteiger partial charge in [-0.3, -0.25) is 5.10 Å². The molecule has 7 heteroatoms. The average Bonchev–Trinajstić information content (AvgIpc) is 3.11. The Balaban J connectivity index is 1.44. The molecule has 0 spiro atoms. The Morgan fingerprint density at radius 1 is 1.04 bits per heavy atom. The molecule has 2 aromatic heterocycles. The van der Waals surface area contributed by atoms with Crippen LogP contribution in [0.3, 0.4) is 0 Å². The highest BCUT2D eigenvalue weighted by molar-refractivity contribution is 6.31. The molecule has 0 saturated heterocycles. The number of rotatable bonds is 5. The maximum absolute atomic E-state index is 6.01. The van der Waals surface area contributed by atoms with Crippen LogP contribution in [0.15, 0.2) is 54.9 Å². The predicted octanol–water partition coefficient (Wildman–Crippen LogP) is 3.72. The van der Waals surface area contributed by atoms with E-state index in [-0.39, 0.29) is 0 Å². The van der Waals surface area contributed by atoms with E-state index < -0.39 is 0 Å². The molecule has 2 N–H and O–H groups in total. The first-order chi connectivity index (χ1) is 12.3. The number of hydrogen-bond donors (Lipinski definition) is 2. The van der Waals surface area contributed by atoms with Gasteiger partial charge >= 0.3 is 0 Å². The summed E-state index contributed by atoms with van der Waals surface area (Å²) in [5, 5.41) is 12.2. The number of hydrogen-bond acceptors (Lipinski definition) is 5. The molecule has 0 atom stereocenters. The van der Waals surface area contributed by atoms with Crippen molar-refractivity contribution in [2.75, 3.05) is 11.9 Å². The van der Waals surface area contributed by atoms with Crippen molar-refractivity contribution in [3.05, 3.63) is 65.7 Å². The van der Waals surface area contributed by atoms with Gasteiger partial charge in [0.2, 0.25) is 0 Å². The first kappa shape index (κ1) is 15.5. The smallest absolute Gasteiger partial charge is 0.181 e. The Morgan fingerprint density at radius 3 is 2.80 bits per heavy atom. The molecule has 6 nitrogen and oxygen atoms in total. The lowest BCUT2D eigenvalue weighted by molar-refractivity contribution is 0.897. The fourth-order valence-corrected chi connectivity index (χ4v) is 2.76. The summed E-state index contributed by atoms with van der Waals surface area (Å²) < 4.78 is 0. The zero-order valence-corrected chi connectivity index (χ0v) is 14.0. The van der Waals surface area contributed by atoms with Crippen LogP contribution in [0.25, 0.3) is 22.3 Å². The lowest BCUT2D eigenvalue weighted by Crippen LogP contribution is -2.08. The van der Waals surface area contributed by atoms with E-state index in [1.54, 1.807) is 0 Å². The van der Waals surface area contributed by atoms with Crippen molar-refractivity contribution < 1.29 is 0 Å². The van der Waals surface area contributed by atoms with E-state index in [2.05, 4.69) is 30.5 Å². The number of fused-ring (bicyclic) bond motifs is 1. The van der Waals surface area contributed by atoms with Crippen LogP contribution >= 0.6 is 11.6 Å². The van der Waals surface area contributed by atoms with E-state index in [4.69, 9.17) is 11.6 Å². The Bertz CT molecular complexity index is 999. The van der Waals surface area contributed by atoms with E-state index in [1.807, 2.05) is 48.5 Å². The molecule has 2 aromatic carbocycles. The third-order valence-corrected chi connectivity index (χ3v) is 4.05. The Kier molecular flexibility index (Phi) is 4.26. The van der Waals surface area contributed by atoms with Crippen LogP contribution in [-0.4, -0.2) is 31.7 Å². The number of benzene rings is 2. The van der Waals surface area contributed by atoms with Gasteiger partial charge in [-0.1, -0.05) is 41.9 Å². The van der Waals surface area contributed by atoms with Crippen LogP contribution < -0.4 is 5.32 Å². The Hall–Kier alpha value is -2.99. The number of anilines is 1. The van der Waals surface area contributed by atoms with Crippen LogP contribution in [0.2, 0.25) is 5.02 Å². The third-order valence-electron chi connectivity index (χ3n) is 3.82. The van der Waals surface area contributed by atoms with Crippen LogP contribution in [0.4, 0.5) is 5.82 Å². The molecule has 2 heterocycles. The SMILES string of the molecule is Clc1ccc2c(NCCc3nc(-c4ccccc4)n[nH]3)ncnc2c1. The van der Waals surface area contributed by atoms with Crippen molar-refractivity contribution in [3.63, 3.8) is 0 Å². The summed E-state index contributed by atoms with van der Waals surface area (Å²) in [7, 11) is 0. The lowest BCUT2D eigenvalue weighted by Gasteiger charge is -2.07. The molecule has 0 unspecified atom stereocenters. The van der Waals surface area contributed by atoms with Gasteiger partial charge in [0.15, 0.2) is 5.82 Å². The van der Waals surface area contributed by atoms with Gasteiger partial charge in [-0.2, -0.15) is 5.10 Å². The van der Waals surface area contributed by atoms with Gasteiger partial charge in [-0.15, -0.1) is 0 Å². The molecule has 4 aromatic rings. The zero-order chi connectivity index (χ0) is 17.1. The van der Waals surface area contributed by atoms with Gasteiger partial charge in [0.1, 0.15) is 18.0 Å². The minimum atomic E-state index is 0.659. The molecule has 0 amide bonds. The normalized spacial score (nSPS) is 10.9. The maximum Gasteiger partial charge on any atom is 0.181 e. The molecule has 0 fully saturated rings. The predicted molar refractivity (Wildman–Crippen MR) is 98.6 cm³/mol. The summed E-state index contributed by atoms with van der Waals surface area (Å²) in [5.41, 5.74) is 1.81. The van der Waals surface area contributed by atoms with Crippen LogP contribution in [0.1, 0.15) is 5.82 Å². The van der Waals surface area contributed by atoms with Gasteiger partial charge in [-0.25, -0.2) is 15.0 Å². The highest BCUT2D eigenvalue weighted by Gasteiger charge is 2.07. The summed E-state index contributed by atoms with van der Waals surface area (Å²) in [5.74, 6) is 2.31. The quantitative estimate of drug-likeness (QED) is 0.573. The number of H-pyrrole nitrogens is 1. The van der Waals surface area contributed by atoms with Gasteiger partial charge in [0, 0.05) is 28.9 Å². The van der Waals surface area contributed by atoms with E-state index in [9.17, 15) is 0 Å². The Labute approximate surface area is 149 Å².